The fourth-order valence-corrected chi connectivity index (χ4v) is 2.22. The highest BCUT2D eigenvalue weighted by Gasteiger charge is 2.20. The number of carbonyl (C=O) groups is 4. The van der Waals surface area contributed by atoms with Gasteiger partial charge in [-0.25, -0.2) is 19.2 Å². The zero-order chi connectivity index (χ0) is 22.1. The van der Waals surface area contributed by atoms with Crippen LogP contribution in [0.2, 0.25) is 0 Å². The van der Waals surface area contributed by atoms with E-state index in [2.05, 4.69) is 4.89 Å². The summed E-state index contributed by atoms with van der Waals surface area (Å²) in [5, 5.41) is 26.7. The Balaban J connectivity index is 1.98. The molecule has 0 aliphatic carbocycles. The first-order chi connectivity index (χ1) is 14.3. The standard InChI is InChI=1S/C20H18O10/c21-11-1-2-16(28-19(26)14-7-3-12(4-8-14)17(22)23)29-30-20(27)15-9-5-13(6-10-15)18(24)25/h3-10,16,21H,1-2,11H2,(H,22,23)(H,24,25). The third-order valence-corrected chi connectivity index (χ3v) is 3.80. The molecule has 1 atom stereocenters. The van der Waals surface area contributed by atoms with Crippen molar-refractivity contribution in [1.29, 1.82) is 0 Å². The first-order valence-corrected chi connectivity index (χ1v) is 8.68. The van der Waals surface area contributed by atoms with Gasteiger partial charge in [-0.1, -0.05) is 0 Å². The summed E-state index contributed by atoms with van der Waals surface area (Å²) < 4.78 is 5.10. The van der Waals surface area contributed by atoms with Crippen molar-refractivity contribution in [3.63, 3.8) is 0 Å². The largest absolute Gasteiger partial charge is 0.478 e. The minimum absolute atomic E-state index is 0.0106. The number of carboxylic acids is 2. The molecule has 0 bridgehead atoms. The lowest BCUT2D eigenvalue weighted by atomic mass is 10.1. The van der Waals surface area contributed by atoms with Crippen molar-refractivity contribution in [2.45, 2.75) is 19.1 Å². The fourth-order valence-electron chi connectivity index (χ4n) is 2.22. The Hall–Kier alpha value is -3.76. The van der Waals surface area contributed by atoms with Crippen LogP contribution in [0.25, 0.3) is 0 Å². The monoisotopic (exact) mass is 418 g/mol. The van der Waals surface area contributed by atoms with Crippen LogP contribution in [0, 0.1) is 0 Å². The van der Waals surface area contributed by atoms with Crippen molar-refractivity contribution in [2.24, 2.45) is 0 Å². The van der Waals surface area contributed by atoms with E-state index in [0.29, 0.717) is 0 Å². The second-order valence-corrected chi connectivity index (χ2v) is 5.93. The number of carbonyl (C=O) groups excluding carboxylic acids is 2. The number of aliphatic hydroxyl groups is 1. The molecule has 0 aromatic heterocycles. The Kier molecular flexibility index (Phi) is 8.03. The predicted octanol–water partition coefficient (Wildman–Crippen LogP) is 2.13. The molecule has 0 fully saturated rings. The summed E-state index contributed by atoms with van der Waals surface area (Å²) in [6.45, 7) is -0.227. The number of hydrogen-bond acceptors (Lipinski definition) is 8. The van der Waals surface area contributed by atoms with Gasteiger partial charge in [0, 0.05) is 13.0 Å². The molecule has 1 unspecified atom stereocenters. The van der Waals surface area contributed by atoms with E-state index in [1.807, 2.05) is 0 Å². The van der Waals surface area contributed by atoms with E-state index in [9.17, 15) is 19.2 Å². The molecule has 10 heteroatoms. The van der Waals surface area contributed by atoms with Gasteiger partial charge in [0.25, 0.3) is 0 Å². The van der Waals surface area contributed by atoms with Gasteiger partial charge in [-0.15, -0.1) is 4.89 Å². The maximum absolute atomic E-state index is 12.2. The molecule has 158 valence electrons. The molecule has 2 rings (SSSR count). The molecule has 3 N–H and O–H groups in total. The lowest BCUT2D eigenvalue weighted by Crippen LogP contribution is -2.24. The minimum atomic E-state index is -1.33. The quantitative estimate of drug-likeness (QED) is 0.226. The fraction of sp³-hybridized carbons (Fsp3) is 0.200. The van der Waals surface area contributed by atoms with Crippen molar-refractivity contribution in [3.05, 3.63) is 70.8 Å². The molecule has 0 saturated carbocycles. The molecule has 0 saturated heterocycles. The lowest BCUT2D eigenvalue weighted by Gasteiger charge is -2.16. The minimum Gasteiger partial charge on any atom is -0.478 e. The molecule has 0 aliphatic heterocycles. The van der Waals surface area contributed by atoms with E-state index in [4.69, 9.17) is 24.9 Å². The van der Waals surface area contributed by atoms with Crippen LogP contribution in [0.4, 0.5) is 0 Å². The van der Waals surface area contributed by atoms with Crippen LogP contribution in [-0.2, 0) is 14.5 Å². The smallest absolute Gasteiger partial charge is 0.373 e. The van der Waals surface area contributed by atoms with E-state index in [-0.39, 0.29) is 41.7 Å². The van der Waals surface area contributed by atoms with Gasteiger partial charge in [0.15, 0.2) is 0 Å². The summed E-state index contributed by atoms with van der Waals surface area (Å²) in [5.41, 5.74) is 0.0308. The van der Waals surface area contributed by atoms with Gasteiger partial charge >= 0.3 is 23.9 Å². The molecule has 0 aliphatic rings. The number of esters is 1. The Bertz CT molecular complexity index is 902. The van der Waals surface area contributed by atoms with E-state index < -0.39 is 30.2 Å². The highest BCUT2D eigenvalue weighted by molar-refractivity contribution is 5.93. The summed E-state index contributed by atoms with van der Waals surface area (Å²) in [6.07, 6.45) is -1.13. The highest BCUT2D eigenvalue weighted by atomic mass is 17.2. The number of carboxylic acid groups (broad SMARTS) is 2. The van der Waals surface area contributed by atoms with Gasteiger partial charge < -0.3 is 20.1 Å². The van der Waals surface area contributed by atoms with Gasteiger partial charge in [-0.05, 0) is 55.0 Å². The summed E-state index contributed by atoms with van der Waals surface area (Å²) in [7, 11) is 0. The average molecular weight is 418 g/mol. The van der Waals surface area contributed by atoms with Crippen LogP contribution in [-0.4, -0.2) is 52.1 Å². The van der Waals surface area contributed by atoms with Crippen LogP contribution in [0.5, 0.6) is 0 Å². The van der Waals surface area contributed by atoms with Crippen LogP contribution < -0.4 is 0 Å². The second kappa shape index (κ2) is 10.7. The average Bonchev–Trinajstić information content (AvgIpc) is 2.75. The predicted molar refractivity (Wildman–Crippen MR) is 98.8 cm³/mol. The molecule has 2 aromatic rings. The van der Waals surface area contributed by atoms with Gasteiger partial charge in [-0.3, -0.25) is 4.89 Å². The molecule has 2 aromatic carbocycles. The van der Waals surface area contributed by atoms with Crippen molar-refractivity contribution in [3.8, 4) is 0 Å². The molecule has 0 amide bonds. The topological polar surface area (TPSA) is 157 Å². The zero-order valence-corrected chi connectivity index (χ0v) is 15.5. The third-order valence-electron chi connectivity index (χ3n) is 3.80. The Labute approximate surface area is 170 Å². The van der Waals surface area contributed by atoms with E-state index in [1.54, 1.807) is 0 Å². The van der Waals surface area contributed by atoms with Crippen molar-refractivity contribution in [2.75, 3.05) is 6.61 Å². The van der Waals surface area contributed by atoms with Crippen LogP contribution in [0.3, 0.4) is 0 Å². The van der Waals surface area contributed by atoms with Crippen LogP contribution in [0.1, 0.15) is 54.3 Å². The molecule has 30 heavy (non-hydrogen) atoms. The van der Waals surface area contributed by atoms with E-state index in [1.165, 1.54) is 48.5 Å². The number of aliphatic hydroxyl groups excluding tert-OH is 1. The summed E-state index contributed by atoms with van der Waals surface area (Å²) in [6, 6.07) is 9.84. The van der Waals surface area contributed by atoms with Crippen LogP contribution >= 0.6 is 0 Å². The van der Waals surface area contributed by atoms with Crippen LogP contribution in [0.15, 0.2) is 48.5 Å². The lowest BCUT2D eigenvalue weighted by molar-refractivity contribution is -0.327. The molecule has 0 spiro atoms. The number of benzene rings is 2. The van der Waals surface area contributed by atoms with E-state index in [0.717, 1.165) is 0 Å². The first-order valence-electron chi connectivity index (χ1n) is 8.68. The Morgan fingerprint density at radius 2 is 1.17 bits per heavy atom. The number of aromatic carboxylic acids is 2. The molecular weight excluding hydrogens is 400 g/mol. The van der Waals surface area contributed by atoms with Gasteiger partial charge in [0.2, 0.25) is 6.29 Å². The highest BCUT2D eigenvalue weighted by Crippen LogP contribution is 2.13. The molecule has 10 nitrogen and oxygen atoms in total. The second-order valence-electron chi connectivity index (χ2n) is 5.93. The van der Waals surface area contributed by atoms with Gasteiger partial charge in [-0.2, -0.15) is 0 Å². The van der Waals surface area contributed by atoms with E-state index >= 15 is 0 Å². The summed E-state index contributed by atoms with van der Waals surface area (Å²) >= 11 is 0. The Morgan fingerprint density at radius 1 is 0.733 bits per heavy atom. The molecular formula is C20H18O10. The number of rotatable bonds is 10. The SMILES string of the molecule is O=C(O)c1ccc(C(=O)OOC(CCCO)OC(=O)c2ccc(C(=O)O)cc2)cc1. The maximum Gasteiger partial charge on any atom is 0.373 e. The van der Waals surface area contributed by atoms with Gasteiger partial charge in [0.05, 0.1) is 22.3 Å². The number of hydrogen-bond donors (Lipinski definition) is 3. The van der Waals surface area contributed by atoms with Crippen molar-refractivity contribution >= 4 is 23.9 Å². The third kappa shape index (κ3) is 6.40. The first kappa shape index (κ1) is 22.5. The molecule has 0 radical (unpaired) electrons. The molecule has 0 heterocycles. The number of ether oxygens (including phenoxy) is 1. The summed E-state index contributed by atoms with van der Waals surface area (Å²) in [5.74, 6) is -4.10. The Morgan fingerprint density at radius 3 is 1.60 bits per heavy atom. The normalized spacial score (nSPS) is 11.4. The maximum atomic E-state index is 12.2. The zero-order valence-electron chi connectivity index (χ0n) is 15.5. The summed E-state index contributed by atoms with van der Waals surface area (Å²) in [4.78, 5) is 55.4. The van der Waals surface area contributed by atoms with Crippen molar-refractivity contribution in [1.82, 2.24) is 0 Å². The van der Waals surface area contributed by atoms with Gasteiger partial charge in [0.1, 0.15) is 0 Å². The van der Waals surface area contributed by atoms with Crippen molar-refractivity contribution < 1.29 is 49.0 Å².